The van der Waals surface area contributed by atoms with Crippen molar-refractivity contribution in [3.05, 3.63) is 133 Å². The molecule has 0 fully saturated rings. The van der Waals surface area contributed by atoms with Gasteiger partial charge in [-0.25, -0.2) is 19.6 Å². The van der Waals surface area contributed by atoms with Crippen LogP contribution in [0.25, 0.3) is 21.8 Å². The molecule has 2 heterocycles. The Labute approximate surface area is 301 Å². The minimum Gasteiger partial charge on any atom is -0.508 e. The summed E-state index contributed by atoms with van der Waals surface area (Å²) in [4.78, 5) is 53.0. The summed E-state index contributed by atoms with van der Waals surface area (Å²) < 4.78 is 16.5. The zero-order chi connectivity index (χ0) is 35.5. The Balaban J connectivity index is 0.000000184. The number of rotatable bonds is 6. The lowest BCUT2D eigenvalue weighted by Gasteiger charge is -2.08. The number of esters is 2. The highest BCUT2D eigenvalue weighted by atomic mass is 79.9. The van der Waals surface area contributed by atoms with Crippen LogP contribution in [-0.4, -0.2) is 53.8 Å². The van der Waals surface area contributed by atoms with Gasteiger partial charge in [-0.15, -0.1) is 0 Å². The van der Waals surface area contributed by atoms with Crippen LogP contribution in [0.4, 0.5) is 0 Å². The van der Waals surface area contributed by atoms with E-state index in [1.54, 1.807) is 84.9 Å². The molecule has 248 valence electrons. The zero-order valence-corrected chi connectivity index (χ0v) is 29.7. The average Bonchev–Trinajstić information content (AvgIpc) is 3.12. The number of phenols is 1. The van der Waals surface area contributed by atoms with Crippen LogP contribution in [0.2, 0.25) is 5.15 Å². The van der Waals surface area contributed by atoms with Crippen LogP contribution >= 0.6 is 43.5 Å². The molecule has 0 radical (unpaired) electrons. The predicted octanol–water partition coefficient (Wildman–Crippen LogP) is 9.03. The summed E-state index contributed by atoms with van der Waals surface area (Å²) in [6.45, 7) is 0. The zero-order valence-electron chi connectivity index (χ0n) is 25.7. The third-order valence-electron chi connectivity index (χ3n) is 6.64. The topological polar surface area (TPSA) is 142 Å². The van der Waals surface area contributed by atoms with E-state index in [0.29, 0.717) is 70.7 Å². The van der Waals surface area contributed by atoms with Crippen LogP contribution in [0.1, 0.15) is 41.4 Å². The summed E-state index contributed by atoms with van der Waals surface area (Å²) in [6.07, 6.45) is 1.43. The number of benzene rings is 4. The maximum absolute atomic E-state index is 11.8. The lowest BCUT2D eigenvalue weighted by atomic mass is 10.1. The molecule has 10 nitrogen and oxygen atoms in total. The number of phenolic OH excluding ortho intramolecular Hbond substituents is 1. The van der Waals surface area contributed by atoms with Crippen molar-refractivity contribution >= 4 is 89.8 Å². The Bertz CT molecular complexity index is 2180. The van der Waals surface area contributed by atoms with Gasteiger partial charge in [-0.05, 0) is 78.9 Å². The minimum absolute atomic E-state index is 0.102. The molecule has 1 N–H and O–H groups in total. The molecule has 0 aliphatic carbocycles. The SMILES string of the molecule is COC(=O)c1cccc2nc(Cl)ccc12.COC(=O)c1cccc2nc(Oc3ccc(Br)c(C=O)c3)ccc12.O=Cc1cc(O)ccc1Br. The number of methoxy groups -OCH3 is 2. The van der Waals surface area contributed by atoms with Crippen LogP contribution in [-0.2, 0) is 9.47 Å². The third-order valence-corrected chi connectivity index (χ3v) is 8.29. The monoisotopic (exact) mass is 806 g/mol. The molecule has 6 aromatic rings. The molecule has 4 aromatic carbocycles. The fourth-order valence-electron chi connectivity index (χ4n) is 4.32. The molecule has 13 heteroatoms. The summed E-state index contributed by atoms with van der Waals surface area (Å²) in [5.41, 5.74) is 3.19. The van der Waals surface area contributed by atoms with E-state index in [-0.39, 0.29) is 11.7 Å². The van der Waals surface area contributed by atoms with Crippen molar-refractivity contribution in [2.24, 2.45) is 0 Å². The van der Waals surface area contributed by atoms with Gasteiger partial charge < -0.3 is 19.3 Å². The summed E-state index contributed by atoms with van der Waals surface area (Å²) in [5, 5.41) is 10.7. The van der Waals surface area contributed by atoms with Crippen LogP contribution in [0.15, 0.2) is 106 Å². The summed E-state index contributed by atoms with van der Waals surface area (Å²) >= 11 is 12.2. The van der Waals surface area contributed by atoms with Gasteiger partial charge in [0.25, 0.3) is 0 Å². The number of halogens is 3. The molecule has 2 aromatic heterocycles. The fourth-order valence-corrected chi connectivity index (χ4v) is 5.15. The molecule has 0 bridgehead atoms. The fraction of sp³-hybridized carbons (Fsp3) is 0.0556. The second-order valence-corrected chi connectivity index (χ2v) is 11.8. The van der Waals surface area contributed by atoms with Crippen LogP contribution in [0.3, 0.4) is 0 Å². The van der Waals surface area contributed by atoms with Crippen LogP contribution in [0.5, 0.6) is 17.4 Å². The maximum Gasteiger partial charge on any atom is 0.338 e. The van der Waals surface area contributed by atoms with Crippen molar-refractivity contribution in [1.29, 1.82) is 0 Å². The van der Waals surface area contributed by atoms with Gasteiger partial charge in [-0.2, -0.15) is 0 Å². The molecule has 0 unspecified atom stereocenters. The number of aromatic hydroxyl groups is 1. The van der Waals surface area contributed by atoms with Crippen molar-refractivity contribution < 1.29 is 38.5 Å². The van der Waals surface area contributed by atoms with Gasteiger partial charge in [0, 0.05) is 36.9 Å². The van der Waals surface area contributed by atoms with E-state index in [2.05, 4.69) is 46.6 Å². The molecule has 0 aliphatic rings. The van der Waals surface area contributed by atoms with Gasteiger partial charge in [0.05, 0.1) is 36.4 Å². The first-order valence-corrected chi connectivity index (χ1v) is 16.0. The Morgan fingerprint density at radius 3 is 1.78 bits per heavy atom. The van der Waals surface area contributed by atoms with Gasteiger partial charge in [0.2, 0.25) is 5.88 Å². The Morgan fingerprint density at radius 1 is 0.694 bits per heavy atom. The minimum atomic E-state index is -0.417. The largest absolute Gasteiger partial charge is 0.508 e. The molecule has 6 rings (SSSR count). The quantitative estimate of drug-likeness (QED) is 0.0984. The molecule has 0 amide bonds. The number of nitrogens with zero attached hydrogens (tertiary/aromatic N) is 2. The standard InChI is InChI=1S/C18H12BrNO4.C11H8ClNO2.C7H5BrO2/c1-23-18(22)14-3-2-4-16-13(14)6-8-17(20-16)24-12-5-7-15(19)11(9-12)10-21;1-15-11(14)8-3-2-4-9-7(8)5-6-10(12)13-9;8-7-2-1-6(10)3-5(7)4-9/h2-10H,1H3;2-6H,1H3;1-4,10H. The van der Waals surface area contributed by atoms with E-state index in [1.807, 2.05) is 0 Å². The molecular weight excluding hydrogens is 784 g/mol. The first kappa shape index (κ1) is 36.7. The van der Waals surface area contributed by atoms with Crippen molar-refractivity contribution in [1.82, 2.24) is 9.97 Å². The van der Waals surface area contributed by atoms with Gasteiger partial charge in [-0.3, -0.25) is 9.59 Å². The van der Waals surface area contributed by atoms with E-state index >= 15 is 0 Å². The van der Waals surface area contributed by atoms with Gasteiger partial charge >= 0.3 is 11.9 Å². The molecule has 0 atom stereocenters. The number of ether oxygens (including phenoxy) is 3. The van der Waals surface area contributed by atoms with E-state index < -0.39 is 5.97 Å². The summed E-state index contributed by atoms with van der Waals surface area (Å²) in [5.74, 6) is 0.176. The summed E-state index contributed by atoms with van der Waals surface area (Å²) in [7, 11) is 2.69. The van der Waals surface area contributed by atoms with Crippen LogP contribution in [0, 0.1) is 0 Å². The maximum atomic E-state index is 11.8. The van der Waals surface area contributed by atoms with Crippen LogP contribution < -0.4 is 4.74 Å². The van der Waals surface area contributed by atoms with E-state index in [9.17, 15) is 19.2 Å². The molecular formula is C36H25Br2ClN2O8. The Kier molecular flexibility index (Phi) is 12.9. The number of carbonyl (C=O) groups is 4. The number of pyridine rings is 2. The van der Waals surface area contributed by atoms with E-state index in [4.69, 9.17) is 26.2 Å². The highest BCUT2D eigenvalue weighted by molar-refractivity contribution is 9.10. The Morgan fingerprint density at radius 2 is 1.22 bits per heavy atom. The predicted molar refractivity (Wildman–Crippen MR) is 192 cm³/mol. The number of hydrogen-bond acceptors (Lipinski definition) is 10. The van der Waals surface area contributed by atoms with Crippen molar-refractivity contribution in [3.63, 3.8) is 0 Å². The van der Waals surface area contributed by atoms with Crippen molar-refractivity contribution in [2.75, 3.05) is 14.2 Å². The molecule has 0 aliphatic heterocycles. The lowest BCUT2D eigenvalue weighted by Crippen LogP contribution is -2.02. The third kappa shape index (κ3) is 9.47. The second-order valence-electron chi connectivity index (χ2n) is 9.74. The smallest absolute Gasteiger partial charge is 0.338 e. The molecule has 0 spiro atoms. The normalized spacial score (nSPS) is 10.1. The molecule has 49 heavy (non-hydrogen) atoms. The summed E-state index contributed by atoms with van der Waals surface area (Å²) in [6, 6.07) is 26.9. The number of hydrogen-bond donors (Lipinski definition) is 1. The van der Waals surface area contributed by atoms with Gasteiger partial charge in [0.15, 0.2) is 12.6 Å². The number of aromatic nitrogens is 2. The second kappa shape index (κ2) is 17.3. The van der Waals surface area contributed by atoms with Crippen molar-refractivity contribution in [2.45, 2.75) is 0 Å². The first-order valence-electron chi connectivity index (χ1n) is 14.1. The Hall–Kier alpha value is -5.17. The van der Waals surface area contributed by atoms with E-state index in [0.717, 1.165) is 11.7 Å². The van der Waals surface area contributed by atoms with E-state index in [1.165, 1.54) is 26.4 Å². The first-order chi connectivity index (χ1) is 23.6. The number of fused-ring (bicyclic) bond motifs is 2. The average molecular weight is 809 g/mol. The highest BCUT2D eigenvalue weighted by Crippen LogP contribution is 2.27. The van der Waals surface area contributed by atoms with Gasteiger partial charge in [0.1, 0.15) is 16.7 Å². The molecule has 0 saturated carbocycles. The highest BCUT2D eigenvalue weighted by Gasteiger charge is 2.12. The van der Waals surface area contributed by atoms with Crippen molar-refractivity contribution in [3.8, 4) is 17.4 Å². The number of carbonyl (C=O) groups excluding carboxylic acids is 4. The van der Waals surface area contributed by atoms with Gasteiger partial charge in [-0.1, -0.05) is 55.6 Å². The lowest BCUT2D eigenvalue weighted by molar-refractivity contribution is 0.0594. The number of aldehydes is 2. The molecule has 0 saturated heterocycles.